The molecule has 0 aliphatic rings. The topological polar surface area (TPSA) is 4.93 Å². The Balaban J connectivity index is 2.05. The summed E-state index contributed by atoms with van der Waals surface area (Å²) in [5.41, 5.74) is 2.69. The molecule has 0 aliphatic carbocycles. The first-order valence-electron chi connectivity index (χ1n) is 5.62. The molecule has 0 N–H and O–H groups in total. The standard InChI is InChI=1S/C14H11F2NS/c1-9-6-14-13(4-5-18-14)17(9)8-10-2-3-11(15)7-12(10)16/h2-7H,8H2,1H3. The zero-order chi connectivity index (χ0) is 12.7. The highest BCUT2D eigenvalue weighted by Crippen LogP contribution is 2.26. The molecule has 92 valence electrons. The van der Waals surface area contributed by atoms with Gasteiger partial charge in [-0.05, 0) is 30.5 Å². The van der Waals surface area contributed by atoms with Crippen LogP contribution in [-0.2, 0) is 6.54 Å². The van der Waals surface area contributed by atoms with Crippen LogP contribution in [0.5, 0.6) is 0 Å². The van der Waals surface area contributed by atoms with Crippen molar-refractivity contribution >= 4 is 21.6 Å². The molecule has 1 aromatic carbocycles. The average Bonchev–Trinajstić information content (AvgIpc) is 2.85. The predicted molar refractivity (Wildman–Crippen MR) is 70.0 cm³/mol. The van der Waals surface area contributed by atoms with E-state index in [1.807, 2.05) is 22.9 Å². The first kappa shape index (κ1) is 11.4. The monoisotopic (exact) mass is 263 g/mol. The van der Waals surface area contributed by atoms with E-state index >= 15 is 0 Å². The van der Waals surface area contributed by atoms with Crippen LogP contribution in [0.25, 0.3) is 10.2 Å². The van der Waals surface area contributed by atoms with E-state index in [4.69, 9.17) is 0 Å². The molecule has 0 aliphatic heterocycles. The lowest BCUT2D eigenvalue weighted by Crippen LogP contribution is -2.03. The molecule has 0 spiro atoms. The lowest BCUT2D eigenvalue weighted by Gasteiger charge is -2.08. The zero-order valence-electron chi connectivity index (χ0n) is 9.78. The number of halogens is 2. The zero-order valence-corrected chi connectivity index (χ0v) is 10.6. The van der Waals surface area contributed by atoms with Crippen LogP contribution in [0, 0.1) is 18.6 Å². The average molecular weight is 263 g/mol. The quantitative estimate of drug-likeness (QED) is 0.648. The molecule has 3 aromatic rings. The van der Waals surface area contributed by atoms with Gasteiger partial charge in [0.25, 0.3) is 0 Å². The highest BCUT2D eigenvalue weighted by molar-refractivity contribution is 7.17. The van der Waals surface area contributed by atoms with Crippen LogP contribution in [0.2, 0.25) is 0 Å². The number of nitrogens with zero attached hydrogens (tertiary/aromatic N) is 1. The van der Waals surface area contributed by atoms with Gasteiger partial charge >= 0.3 is 0 Å². The Bertz CT molecular complexity index is 712. The second-order valence-electron chi connectivity index (χ2n) is 4.28. The highest BCUT2D eigenvalue weighted by atomic mass is 32.1. The molecule has 0 bridgehead atoms. The predicted octanol–water partition coefficient (Wildman–Crippen LogP) is 4.34. The second kappa shape index (κ2) is 4.21. The van der Waals surface area contributed by atoms with Gasteiger partial charge in [-0.3, -0.25) is 0 Å². The van der Waals surface area contributed by atoms with Gasteiger partial charge < -0.3 is 4.57 Å². The number of thiophene rings is 1. The van der Waals surface area contributed by atoms with Crippen LogP contribution in [0.3, 0.4) is 0 Å². The third-order valence-electron chi connectivity index (χ3n) is 3.07. The van der Waals surface area contributed by atoms with Gasteiger partial charge in [-0.1, -0.05) is 6.07 Å². The summed E-state index contributed by atoms with van der Waals surface area (Å²) in [6, 6.07) is 7.83. The first-order valence-corrected chi connectivity index (χ1v) is 6.50. The van der Waals surface area contributed by atoms with Gasteiger partial charge in [0, 0.05) is 17.3 Å². The van der Waals surface area contributed by atoms with Crippen LogP contribution in [0.1, 0.15) is 11.3 Å². The van der Waals surface area contributed by atoms with Gasteiger partial charge in [-0.25, -0.2) is 8.78 Å². The fourth-order valence-electron chi connectivity index (χ4n) is 2.13. The Kier molecular flexibility index (Phi) is 2.67. The molecule has 1 nitrogen and oxygen atoms in total. The molecule has 0 unspecified atom stereocenters. The SMILES string of the molecule is Cc1cc2sccc2n1Cc1ccc(F)cc1F. The van der Waals surface area contributed by atoms with Crippen molar-refractivity contribution < 1.29 is 8.78 Å². The molecular formula is C14H11F2NS. The molecule has 2 aromatic heterocycles. The number of hydrogen-bond donors (Lipinski definition) is 0. The van der Waals surface area contributed by atoms with Crippen LogP contribution in [-0.4, -0.2) is 4.57 Å². The van der Waals surface area contributed by atoms with Crippen LogP contribution in [0.15, 0.2) is 35.7 Å². The lowest BCUT2D eigenvalue weighted by molar-refractivity contribution is 0.567. The third kappa shape index (κ3) is 1.82. The molecule has 0 saturated heterocycles. The van der Waals surface area contributed by atoms with Crippen molar-refractivity contribution in [2.45, 2.75) is 13.5 Å². The maximum Gasteiger partial charge on any atom is 0.131 e. The molecule has 4 heteroatoms. The number of benzene rings is 1. The lowest BCUT2D eigenvalue weighted by atomic mass is 10.2. The maximum absolute atomic E-state index is 13.6. The van der Waals surface area contributed by atoms with E-state index in [1.165, 1.54) is 16.8 Å². The van der Waals surface area contributed by atoms with E-state index in [0.717, 1.165) is 17.3 Å². The van der Waals surface area contributed by atoms with Crippen molar-refractivity contribution in [2.24, 2.45) is 0 Å². The van der Waals surface area contributed by atoms with E-state index in [0.29, 0.717) is 12.1 Å². The van der Waals surface area contributed by atoms with E-state index in [9.17, 15) is 8.78 Å². The molecule has 0 amide bonds. The molecular weight excluding hydrogens is 252 g/mol. The Morgan fingerprint density at radius 3 is 2.78 bits per heavy atom. The van der Waals surface area contributed by atoms with Gasteiger partial charge in [0.15, 0.2) is 0 Å². The van der Waals surface area contributed by atoms with E-state index in [2.05, 4.69) is 6.07 Å². The fourth-order valence-corrected chi connectivity index (χ4v) is 3.01. The number of aromatic nitrogens is 1. The first-order chi connectivity index (χ1) is 8.65. The molecule has 0 fully saturated rings. The summed E-state index contributed by atoms with van der Waals surface area (Å²) in [7, 11) is 0. The van der Waals surface area contributed by atoms with Gasteiger partial charge in [0.1, 0.15) is 11.6 Å². The van der Waals surface area contributed by atoms with Crippen molar-refractivity contribution in [3.05, 3.63) is 58.6 Å². The Labute approximate surface area is 107 Å². The molecule has 3 rings (SSSR count). The van der Waals surface area contributed by atoms with Crippen molar-refractivity contribution in [2.75, 3.05) is 0 Å². The second-order valence-corrected chi connectivity index (χ2v) is 5.23. The third-order valence-corrected chi connectivity index (χ3v) is 3.93. The molecule has 0 saturated carbocycles. The Hall–Kier alpha value is -1.68. The summed E-state index contributed by atoms with van der Waals surface area (Å²) in [5, 5.41) is 2.02. The van der Waals surface area contributed by atoms with Crippen LogP contribution in [0.4, 0.5) is 8.78 Å². The summed E-state index contributed by atoms with van der Waals surface area (Å²) < 4.78 is 29.7. The van der Waals surface area contributed by atoms with E-state index in [-0.39, 0.29) is 0 Å². The van der Waals surface area contributed by atoms with Gasteiger partial charge in [-0.2, -0.15) is 0 Å². The minimum Gasteiger partial charge on any atom is -0.340 e. The van der Waals surface area contributed by atoms with Crippen molar-refractivity contribution in [3.63, 3.8) is 0 Å². The summed E-state index contributed by atoms with van der Waals surface area (Å²) in [4.78, 5) is 0. The molecule has 18 heavy (non-hydrogen) atoms. The minimum absolute atomic E-state index is 0.429. The molecule has 0 atom stereocenters. The van der Waals surface area contributed by atoms with Crippen molar-refractivity contribution in [1.29, 1.82) is 0 Å². The Morgan fingerprint density at radius 1 is 1.17 bits per heavy atom. The number of aryl methyl sites for hydroxylation is 1. The van der Waals surface area contributed by atoms with Gasteiger partial charge in [-0.15, -0.1) is 11.3 Å². The molecule has 2 heterocycles. The van der Waals surface area contributed by atoms with E-state index < -0.39 is 11.6 Å². The van der Waals surface area contributed by atoms with Crippen LogP contribution >= 0.6 is 11.3 Å². The fraction of sp³-hybridized carbons (Fsp3) is 0.143. The highest BCUT2D eigenvalue weighted by Gasteiger charge is 2.10. The summed E-state index contributed by atoms with van der Waals surface area (Å²) in [6.45, 7) is 2.42. The summed E-state index contributed by atoms with van der Waals surface area (Å²) >= 11 is 1.66. The summed E-state index contributed by atoms with van der Waals surface area (Å²) in [6.07, 6.45) is 0. The maximum atomic E-state index is 13.6. The largest absolute Gasteiger partial charge is 0.340 e. The van der Waals surface area contributed by atoms with Crippen molar-refractivity contribution in [3.8, 4) is 0 Å². The van der Waals surface area contributed by atoms with Gasteiger partial charge in [0.05, 0.1) is 16.8 Å². The van der Waals surface area contributed by atoms with Gasteiger partial charge in [0.2, 0.25) is 0 Å². The number of hydrogen-bond acceptors (Lipinski definition) is 1. The Morgan fingerprint density at radius 2 is 2.00 bits per heavy atom. The number of fused-ring (bicyclic) bond motifs is 1. The number of rotatable bonds is 2. The normalized spacial score (nSPS) is 11.3. The minimum atomic E-state index is -0.541. The van der Waals surface area contributed by atoms with Crippen LogP contribution < -0.4 is 0 Å². The van der Waals surface area contributed by atoms with Crippen molar-refractivity contribution in [1.82, 2.24) is 4.57 Å². The summed E-state index contributed by atoms with van der Waals surface area (Å²) in [5.74, 6) is -1.03. The van der Waals surface area contributed by atoms with E-state index in [1.54, 1.807) is 11.3 Å². The molecule has 0 radical (unpaired) electrons. The smallest absolute Gasteiger partial charge is 0.131 e.